The third-order valence-corrected chi connectivity index (χ3v) is 5.02. The lowest BCUT2D eigenvalue weighted by atomic mass is 9.88. The lowest BCUT2D eigenvalue weighted by Gasteiger charge is -2.38. The zero-order valence-corrected chi connectivity index (χ0v) is 15.6. The maximum atomic E-state index is 12.1. The molecule has 5 heteroatoms. The van der Waals surface area contributed by atoms with Gasteiger partial charge in [0.25, 0.3) is 0 Å². The minimum atomic E-state index is -0.349. The highest BCUT2D eigenvalue weighted by atomic mass is 16.5. The van der Waals surface area contributed by atoms with Crippen molar-refractivity contribution in [1.29, 1.82) is 0 Å². The van der Waals surface area contributed by atoms with E-state index in [1.54, 1.807) is 13.0 Å². The summed E-state index contributed by atoms with van der Waals surface area (Å²) in [5, 5.41) is 0. The molecule has 2 aromatic carbocycles. The highest BCUT2D eigenvalue weighted by Gasteiger charge is 2.30. The summed E-state index contributed by atoms with van der Waals surface area (Å²) in [4.78, 5) is 25.6. The Morgan fingerprint density at radius 1 is 1.19 bits per heavy atom. The number of nitrogens with two attached hydrogens (primary N) is 1. The van der Waals surface area contributed by atoms with Gasteiger partial charge < -0.3 is 15.4 Å². The van der Waals surface area contributed by atoms with Gasteiger partial charge in [0.15, 0.2) is 0 Å². The lowest BCUT2D eigenvalue weighted by molar-refractivity contribution is -0.117. The van der Waals surface area contributed by atoms with E-state index in [0.29, 0.717) is 5.56 Å². The van der Waals surface area contributed by atoms with E-state index in [1.807, 2.05) is 43.0 Å². The molecule has 3 rings (SSSR count). The minimum absolute atomic E-state index is 0.0250. The average Bonchev–Trinajstić information content (AvgIpc) is 2.60. The van der Waals surface area contributed by atoms with Crippen molar-refractivity contribution < 1.29 is 14.3 Å². The van der Waals surface area contributed by atoms with E-state index < -0.39 is 0 Å². The van der Waals surface area contributed by atoms with E-state index in [-0.39, 0.29) is 24.0 Å². The topological polar surface area (TPSA) is 72.6 Å². The fourth-order valence-electron chi connectivity index (χ4n) is 3.79. The first-order chi connectivity index (χ1) is 12.3. The molecule has 2 atom stereocenters. The number of hydrogen-bond acceptors (Lipinski definition) is 4. The molecular weight excluding hydrogens is 328 g/mol. The summed E-state index contributed by atoms with van der Waals surface area (Å²) in [5.74, 6) is -0.324. The molecule has 0 aliphatic carbocycles. The maximum Gasteiger partial charge on any atom is 0.337 e. The van der Waals surface area contributed by atoms with Crippen molar-refractivity contribution in [3.63, 3.8) is 0 Å². The Morgan fingerprint density at radius 2 is 1.92 bits per heavy atom. The first-order valence-electron chi connectivity index (χ1n) is 8.72. The predicted octanol–water partition coefficient (Wildman–Crippen LogP) is 3.59. The largest absolute Gasteiger partial charge is 0.465 e. The summed E-state index contributed by atoms with van der Waals surface area (Å²) in [6.45, 7) is 5.57. The number of ether oxygens (including phenoxy) is 1. The summed E-state index contributed by atoms with van der Waals surface area (Å²) in [6, 6.07) is 11.5. The Morgan fingerprint density at radius 3 is 2.54 bits per heavy atom. The summed E-state index contributed by atoms with van der Waals surface area (Å²) in [6.07, 6.45) is 0.732. The van der Waals surface area contributed by atoms with E-state index in [0.717, 1.165) is 34.4 Å². The van der Waals surface area contributed by atoms with Crippen LogP contribution in [0.1, 0.15) is 47.8 Å². The molecule has 1 heterocycles. The van der Waals surface area contributed by atoms with Crippen LogP contribution in [0.15, 0.2) is 36.4 Å². The Kier molecular flexibility index (Phi) is 4.83. The molecular formula is C21H24N2O3. The van der Waals surface area contributed by atoms with Crippen molar-refractivity contribution in [2.75, 3.05) is 12.0 Å². The molecule has 0 saturated carbocycles. The number of benzene rings is 2. The van der Waals surface area contributed by atoms with Gasteiger partial charge in [-0.25, -0.2) is 4.79 Å². The fourth-order valence-corrected chi connectivity index (χ4v) is 3.79. The molecule has 0 aromatic heterocycles. The number of methoxy groups -OCH3 is 1. The van der Waals surface area contributed by atoms with Gasteiger partial charge in [-0.3, -0.25) is 4.79 Å². The van der Waals surface area contributed by atoms with Crippen molar-refractivity contribution in [2.24, 2.45) is 5.73 Å². The maximum absolute atomic E-state index is 12.1. The Bertz CT molecular complexity index is 876. The summed E-state index contributed by atoms with van der Waals surface area (Å²) >= 11 is 0. The molecule has 1 amide bonds. The fraction of sp³-hybridized carbons (Fsp3) is 0.333. The van der Waals surface area contributed by atoms with E-state index in [4.69, 9.17) is 10.5 Å². The normalized spacial score (nSPS) is 19.0. The zero-order valence-electron chi connectivity index (χ0n) is 15.6. The summed E-state index contributed by atoms with van der Waals surface area (Å²) < 4.78 is 4.78. The van der Waals surface area contributed by atoms with E-state index in [1.165, 1.54) is 7.11 Å². The van der Waals surface area contributed by atoms with Gasteiger partial charge in [0.2, 0.25) is 5.91 Å². The molecule has 2 aromatic rings. The number of nitrogens with zero attached hydrogens (tertiary/aromatic N) is 1. The highest BCUT2D eigenvalue weighted by Crippen LogP contribution is 2.39. The Balaban J connectivity index is 2.05. The Labute approximate surface area is 153 Å². The molecule has 2 N–H and O–H groups in total. The highest BCUT2D eigenvalue weighted by molar-refractivity contribution is 5.94. The van der Waals surface area contributed by atoms with Crippen LogP contribution in [0.2, 0.25) is 0 Å². The number of fused-ring (bicyclic) bond motifs is 1. The molecule has 0 spiro atoms. The van der Waals surface area contributed by atoms with E-state index in [9.17, 15) is 9.59 Å². The molecule has 2 unspecified atom stereocenters. The van der Waals surface area contributed by atoms with Crippen LogP contribution in [0.4, 0.5) is 5.69 Å². The molecule has 0 fully saturated rings. The van der Waals surface area contributed by atoms with Crippen LogP contribution in [-0.4, -0.2) is 25.0 Å². The van der Waals surface area contributed by atoms with Gasteiger partial charge in [-0.1, -0.05) is 12.1 Å². The third kappa shape index (κ3) is 3.10. The second-order valence-electron chi connectivity index (χ2n) is 6.88. The van der Waals surface area contributed by atoms with Gasteiger partial charge in [-0.2, -0.15) is 0 Å². The second-order valence-corrected chi connectivity index (χ2v) is 6.88. The van der Waals surface area contributed by atoms with E-state index >= 15 is 0 Å². The van der Waals surface area contributed by atoms with Gasteiger partial charge >= 0.3 is 5.97 Å². The number of carbonyl (C=O) groups is 2. The van der Waals surface area contributed by atoms with Gasteiger partial charge in [-0.15, -0.1) is 0 Å². The zero-order chi connectivity index (χ0) is 19.0. The van der Waals surface area contributed by atoms with Gasteiger partial charge in [0.05, 0.1) is 12.7 Å². The number of anilines is 1. The number of esters is 1. The Hall–Kier alpha value is -2.66. The average molecular weight is 352 g/mol. The molecule has 136 valence electrons. The molecule has 0 saturated heterocycles. The summed E-state index contributed by atoms with van der Waals surface area (Å²) in [7, 11) is 1.37. The minimum Gasteiger partial charge on any atom is -0.465 e. The van der Waals surface area contributed by atoms with Crippen molar-refractivity contribution in [2.45, 2.75) is 39.3 Å². The smallest absolute Gasteiger partial charge is 0.337 e. The monoisotopic (exact) mass is 352 g/mol. The quantitative estimate of drug-likeness (QED) is 0.838. The van der Waals surface area contributed by atoms with Gasteiger partial charge in [0.1, 0.15) is 0 Å². The van der Waals surface area contributed by atoms with Crippen molar-refractivity contribution in [3.8, 4) is 11.1 Å². The number of amides is 1. The second kappa shape index (κ2) is 6.92. The van der Waals surface area contributed by atoms with Crippen molar-refractivity contribution >= 4 is 17.6 Å². The molecule has 1 aliphatic rings. The van der Waals surface area contributed by atoms with Crippen molar-refractivity contribution in [3.05, 3.63) is 53.1 Å². The first kappa shape index (κ1) is 18.1. The van der Waals surface area contributed by atoms with Crippen LogP contribution < -0.4 is 10.6 Å². The number of rotatable bonds is 2. The van der Waals surface area contributed by atoms with Crippen LogP contribution in [0, 0.1) is 6.92 Å². The van der Waals surface area contributed by atoms with Gasteiger partial charge in [0, 0.05) is 24.7 Å². The van der Waals surface area contributed by atoms with Gasteiger partial charge in [-0.05, 0) is 66.8 Å². The molecule has 1 aliphatic heterocycles. The standard InChI is InChI=1S/C21H24N2O3/c1-12-9-16(21(25)26-4)5-7-17(12)15-6-8-20-18(11-15)19(22)10-13(2)23(20)14(3)24/h5-9,11,13,19H,10,22H2,1-4H3. The lowest BCUT2D eigenvalue weighted by Crippen LogP contribution is -2.43. The summed E-state index contributed by atoms with van der Waals surface area (Å²) in [5.41, 5.74) is 11.8. The third-order valence-electron chi connectivity index (χ3n) is 5.02. The predicted molar refractivity (Wildman–Crippen MR) is 102 cm³/mol. The van der Waals surface area contributed by atoms with Crippen LogP contribution in [0.3, 0.4) is 0 Å². The van der Waals surface area contributed by atoms with Crippen LogP contribution >= 0.6 is 0 Å². The molecule has 5 nitrogen and oxygen atoms in total. The molecule has 0 bridgehead atoms. The number of carbonyl (C=O) groups excluding carboxylic acids is 2. The molecule has 26 heavy (non-hydrogen) atoms. The molecule has 0 radical (unpaired) electrons. The van der Waals surface area contributed by atoms with Crippen LogP contribution in [0.5, 0.6) is 0 Å². The first-order valence-corrected chi connectivity index (χ1v) is 8.72. The van der Waals surface area contributed by atoms with Crippen LogP contribution in [-0.2, 0) is 9.53 Å². The number of aryl methyl sites for hydroxylation is 1. The number of hydrogen-bond donors (Lipinski definition) is 1. The SMILES string of the molecule is COC(=O)c1ccc(-c2ccc3c(c2)C(N)CC(C)N3C(C)=O)c(C)c1. The van der Waals surface area contributed by atoms with E-state index in [2.05, 4.69) is 6.07 Å². The van der Waals surface area contributed by atoms with Crippen molar-refractivity contribution in [1.82, 2.24) is 0 Å². The van der Waals surface area contributed by atoms with Crippen LogP contribution in [0.25, 0.3) is 11.1 Å².